The zero-order valence-corrected chi connectivity index (χ0v) is 13.4. The Morgan fingerprint density at radius 3 is 2.38 bits per heavy atom. The summed E-state index contributed by atoms with van der Waals surface area (Å²) in [5.74, 6) is 0. The molecule has 21 heavy (non-hydrogen) atoms. The van der Waals surface area contributed by atoms with Crippen molar-refractivity contribution in [3.63, 3.8) is 0 Å². The number of nitrogens with one attached hydrogen (secondary N) is 1. The Kier molecular flexibility index (Phi) is 8.18. The van der Waals surface area contributed by atoms with Crippen molar-refractivity contribution in [1.29, 1.82) is 4.78 Å². The van der Waals surface area contributed by atoms with Crippen LogP contribution in [-0.2, 0) is 21.5 Å². The molecule has 1 aromatic carbocycles. The first kappa shape index (κ1) is 19.6. The summed E-state index contributed by atoms with van der Waals surface area (Å²) >= 11 is 3.14. The first-order chi connectivity index (χ1) is 9.59. The summed E-state index contributed by atoms with van der Waals surface area (Å²) in [7, 11) is -2.61. The van der Waals surface area contributed by atoms with Crippen LogP contribution in [-0.4, -0.2) is 20.7 Å². The summed E-state index contributed by atoms with van der Waals surface area (Å²) in [6.45, 7) is 3.50. The molecular formula is C11H12BrF3N2O3S. The molecule has 0 bridgehead atoms. The number of oxime groups is 1. The highest BCUT2D eigenvalue weighted by atomic mass is 79.9. The molecule has 0 saturated heterocycles. The van der Waals surface area contributed by atoms with Gasteiger partial charge in [-0.2, -0.15) is 26.4 Å². The van der Waals surface area contributed by atoms with Crippen molar-refractivity contribution in [3.05, 3.63) is 33.8 Å². The van der Waals surface area contributed by atoms with Crippen molar-refractivity contribution in [3.8, 4) is 0 Å². The van der Waals surface area contributed by atoms with Gasteiger partial charge in [-0.25, -0.2) is 0 Å². The summed E-state index contributed by atoms with van der Waals surface area (Å²) < 4.78 is 61.6. The molecule has 1 N–H and O–H groups in total. The highest BCUT2D eigenvalue weighted by molar-refractivity contribution is 9.10. The molecule has 0 radical (unpaired) electrons. The number of nitrogens with zero attached hydrogens (tertiary/aromatic N) is 1. The number of hydrogen-bond acceptors (Lipinski definition) is 5. The van der Waals surface area contributed by atoms with Crippen molar-refractivity contribution in [1.82, 2.24) is 0 Å². The number of rotatable bonds is 3. The van der Waals surface area contributed by atoms with Gasteiger partial charge in [0.2, 0.25) is 0 Å². The molecule has 0 atom stereocenters. The molecule has 0 aliphatic heterocycles. The van der Waals surface area contributed by atoms with Gasteiger partial charge in [0.25, 0.3) is 0 Å². The Labute approximate surface area is 129 Å². The lowest BCUT2D eigenvalue weighted by Gasteiger charge is -2.12. The van der Waals surface area contributed by atoms with Crippen LogP contribution in [0, 0.1) is 4.78 Å². The van der Waals surface area contributed by atoms with Crippen LogP contribution < -0.4 is 0 Å². The Hall–Kier alpha value is -1.42. The van der Waals surface area contributed by atoms with Gasteiger partial charge in [-0.3, -0.25) is 0 Å². The van der Waals surface area contributed by atoms with E-state index in [1.807, 2.05) is 0 Å². The van der Waals surface area contributed by atoms with Gasteiger partial charge in [-0.05, 0) is 32.0 Å². The molecule has 0 heterocycles. The van der Waals surface area contributed by atoms with Gasteiger partial charge in [0, 0.05) is 10.0 Å². The highest BCUT2D eigenvalue weighted by Gasteiger charge is 2.34. The fourth-order valence-electron chi connectivity index (χ4n) is 1.27. The van der Waals surface area contributed by atoms with Crippen molar-refractivity contribution in [2.75, 3.05) is 6.61 Å². The van der Waals surface area contributed by atoms with E-state index in [0.29, 0.717) is 11.1 Å². The summed E-state index contributed by atoms with van der Waals surface area (Å²) in [6, 6.07) is 3.74. The summed E-state index contributed by atoms with van der Waals surface area (Å²) in [5, 5.41) is 3.62. The normalized spacial score (nSPS) is 11.4. The van der Waals surface area contributed by atoms with Crippen molar-refractivity contribution in [2.45, 2.75) is 20.0 Å². The van der Waals surface area contributed by atoms with Gasteiger partial charge in [0.05, 0.1) is 11.3 Å². The van der Waals surface area contributed by atoms with Gasteiger partial charge < -0.3 is 4.84 Å². The minimum absolute atomic E-state index is 0.0142. The largest absolute Gasteiger partial charge is 0.417 e. The average Bonchev–Trinajstić information content (AvgIpc) is 2.33. The Morgan fingerprint density at radius 1 is 1.43 bits per heavy atom. The molecule has 0 aliphatic rings. The molecule has 10 heteroatoms. The SMILES string of the molecule is CCO/N=C(\C)c1cc(Br)ccc1C(F)(F)F.N=S(=O)=O. The lowest BCUT2D eigenvalue weighted by molar-refractivity contribution is -0.137. The van der Waals surface area contributed by atoms with Gasteiger partial charge >= 0.3 is 16.7 Å². The number of alkyl halides is 3. The van der Waals surface area contributed by atoms with Crippen LogP contribution in [0.15, 0.2) is 27.8 Å². The molecular weight excluding hydrogens is 377 g/mol. The molecule has 118 valence electrons. The smallest absolute Gasteiger partial charge is 0.396 e. The zero-order valence-electron chi connectivity index (χ0n) is 11.0. The second-order valence-electron chi connectivity index (χ2n) is 3.52. The molecule has 5 nitrogen and oxygen atoms in total. The zero-order chi connectivity index (χ0) is 16.6. The minimum atomic E-state index is -4.40. The molecule has 0 saturated carbocycles. The first-order valence-corrected chi connectivity index (χ1v) is 7.30. The van der Waals surface area contributed by atoms with E-state index in [-0.39, 0.29) is 11.3 Å². The second-order valence-corrected chi connectivity index (χ2v) is 4.90. The lowest BCUT2D eigenvalue weighted by Crippen LogP contribution is -2.12. The number of hydrogen-bond donors (Lipinski definition) is 1. The molecule has 0 fully saturated rings. The van der Waals surface area contributed by atoms with Crippen LogP contribution in [0.2, 0.25) is 0 Å². The van der Waals surface area contributed by atoms with Gasteiger partial charge in [-0.15, -0.1) is 0 Å². The third-order valence-electron chi connectivity index (χ3n) is 2.01. The third-order valence-corrected chi connectivity index (χ3v) is 2.50. The van der Waals surface area contributed by atoms with Crippen LogP contribution in [0.25, 0.3) is 0 Å². The Bertz CT molecular complexity index is 608. The van der Waals surface area contributed by atoms with Crippen LogP contribution in [0.1, 0.15) is 25.0 Å². The van der Waals surface area contributed by atoms with Crippen LogP contribution in [0.4, 0.5) is 13.2 Å². The fourth-order valence-corrected chi connectivity index (χ4v) is 1.63. The van der Waals surface area contributed by atoms with E-state index in [4.69, 9.17) is 18.0 Å². The van der Waals surface area contributed by atoms with Crippen molar-refractivity contribution < 1.29 is 26.4 Å². The summed E-state index contributed by atoms with van der Waals surface area (Å²) in [4.78, 5) is 4.76. The van der Waals surface area contributed by atoms with Crippen molar-refractivity contribution in [2.24, 2.45) is 5.16 Å². The molecule has 0 unspecified atom stereocenters. The quantitative estimate of drug-likeness (QED) is 0.630. The highest BCUT2D eigenvalue weighted by Crippen LogP contribution is 2.33. The van der Waals surface area contributed by atoms with E-state index in [1.54, 1.807) is 6.92 Å². The average molecular weight is 389 g/mol. The molecule has 0 aromatic heterocycles. The van der Waals surface area contributed by atoms with E-state index in [1.165, 1.54) is 19.1 Å². The second kappa shape index (κ2) is 8.78. The van der Waals surface area contributed by atoms with E-state index in [2.05, 4.69) is 21.1 Å². The fraction of sp³-hybridized carbons (Fsp3) is 0.364. The Balaban J connectivity index is 0.000000885. The maximum Gasteiger partial charge on any atom is 0.417 e. The topological polar surface area (TPSA) is 79.6 Å². The third kappa shape index (κ3) is 7.81. The van der Waals surface area contributed by atoms with E-state index in [9.17, 15) is 13.2 Å². The molecule has 0 spiro atoms. The first-order valence-electron chi connectivity index (χ1n) is 5.43. The van der Waals surface area contributed by atoms with Crippen LogP contribution in [0.3, 0.4) is 0 Å². The van der Waals surface area contributed by atoms with E-state index < -0.39 is 22.2 Å². The molecule has 1 rings (SSSR count). The summed E-state index contributed by atoms with van der Waals surface area (Å²) in [5.41, 5.74) is -0.512. The van der Waals surface area contributed by atoms with Crippen LogP contribution >= 0.6 is 15.9 Å². The molecule has 1 aromatic rings. The number of benzene rings is 1. The monoisotopic (exact) mass is 388 g/mol. The van der Waals surface area contributed by atoms with Crippen molar-refractivity contribution >= 4 is 32.1 Å². The number of halogens is 4. The van der Waals surface area contributed by atoms with E-state index >= 15 is 0 Å². The predicted molar refractivity (Wildman–Crippen MR) is 74.6 cm³/mol. The van der Waals surface area contributed by atoms with E-state index in [0.717, 1.165) is 6.07 Å². The molecule has 0 amide bonds. The maximum absolute atomic E-state index is 12.8. The summed E-state index contributed by atoms with van der Waals surface area (Å²) in [6.07, 6.45) is -4.40. The van der Waals surface area contributed by atoms with Gasteiger partial charge in [-0.1, -0.05) is 21.1 Å². The standard InChI is InChI=1S/C11H11BrF3NO.HNO2S/c1-3-17-16-7(2)9-6-8(12)4-5-10(9)11(13,14)15;1-4(2)3/h4-6H,3H2,1-2H3;1H/b16-7+;. The molecule has 0 aliphatic carbocycles. The maximum atomic E-state index is 12.8. The minimum Gasteiger partial charge on any atom is -0.396 e. The van der Waals surface area contributed by atoms with Gasteiger partial charge in [0.1, 0.15) is 6.61 Å². The van der Waals surface area contributed by atoms with Crippen LogP contribution in [0.5, 0.6) is 0 Å². The predicted octanol–water partition coefficient (Wildman–Crippen LogP) is 3.86. The van der Waals surface area contributed by atoms with Gasteiger partial charge in [0.15, 0.2) is 0 Å². The lowest BCUT2D eigenvalue weighted by atomic mass is 10.0. The Morgan fingerprint density at radius 2 is 1.95 bits per heavy atom.